The maximum absolute atomic E-state index is 12.4. The lowest BCUT2D eigenvalue weighted by molar-refractivity contribution is -0.133. The summed E-state index contributed by atoms with van der Waals surface area (Å²) in [6.07, 6.45) is 3.40. The number of Topliss-reactive ketones (excluding diaryl/α,β-unsaturated/α-hetero) is 1. The molecule has 1 aromatic heterocycles. The number of hydrogen-bond acceptors (Lipinski definition) is 5. The molecule has 5 nitrogen and oxygen atoms in total. The van der Waals surface area contributed by atoms with Crippen LogP contribution in [0, 0.1) is 0 Å². The van der Waals surface area contributed by atoms with E-state index in [0.29, 0.717) is 22.8 Å². The molecule has 27 heavy (non-hydrogen) atoms. The van der Waals surface area contributed by atoms with Gasteiger partial charge in [0.25, 0.3) is 0 Å². The predicted octanol–water partition coefficient (Wildman–Crippen LogP) is 3.85. The summed E-state index contributed by atoms with van der Waals surface area (Å²) in [5.74, 6) is 0.290. The van der Waals surface area contributed by atoms with Crippen molar-refractivity contribution in [1.82, 2.24) is 4.98 Å². The van der Waals surface area contributed by atoms with Gasteiger partial charge in [-0.15, -0.1) is 0 Å². The van der Waals surface area contributed by atoms with Gasteiger partial charge in [-0.1, -0.05) is 36.4 Å². The topological polar surface area (TPSA) is 65.5 Å². The zero-order valence-corrected chi connectivity index (χ0v) is 14.3. The first-order valence-electron chi connectivity index (χ1n) is 8.43. The Morgan fingerprint density at radius 2 is 1.85 bits per heavy atom. The van der Waals surface area contributed by atoms with Crippen LogP contribution in [0.15, 0.2) is 78.7 Å². The lowest BCUT2D eigenvalue weighted by Gasteiger charge is -2.05. The fourth-order valence-electron chi connectivity index (χ4n) is 2.76. The zero-order valence-electron chi connectivity index (χ0n) is 14.3. The summed E-state index contributed by atoms with van der Waals surface area (Å²) in [5, 5.41) is 0. The fourth-order valence-corrected chi connectivity index (χ4v) is 2.76. The minimum Gasteiger partial charge on any atom is -0.452 e. The van der Waals surface area contributed by atoms with E-state index in [1.807, 2.05) is 36.4 Å². The largest absolute Gasteiger partial charge is 0.452 e. The van der Waals surface area contributed by atoms with Crippen molar-refractivity contribution in [2.45, 2.75) is 6.42 Å². The molecule has 0 unspecified atom stereocenters. The second-order valence-corrected chi connectivity index (χ2v) is 5.99. The molecule has 0 radical (unpaired) electrons. The van der Waals surface area contributed by atoms with Crippen LogP contribution in [0.1, 0.15) is 21.6 Å². The first kappa shape index (κ1) is 16.7. The van der Waals surface area contributed by atoms with Gasteiger partial charge in [0.2, 0.25) is 5.78 Å². The van der Waals surface area contributed by atoms with Crippen molar-refractivity contribution in [2.24, 2.45) is 0 Å². The molecule has 5 heteroatoms. The summed E-state index contributed by atoms with van der Waals surface area (Å²) >= 11 is 0. The first-order valence-corrected chi connectivity index (χ1v) is 8.43. The van der Waals surface area contributed by atoms with Crippen LogP contribution >= 0.6 is 0 Å². The molecule has 3 aromatic rings. The van der Waals surface area contributed by atoms with E-state index < -0.39 is 0 Å². The Labute approximate surface area is 155 Å². The Balaban J connectivity index is 1.49. The van der Waals surface area contributed by atoms with Gasteiger partial charge in [-0.05, 0) is 29.8 Å². The average Bonchev–Trinajstić information content (AvgIpc) is 2.98. The molecule has 1 aliphatic heterocycles. The Morgan fingerprint density at radius 1 is 1.04 bits per heavy atom. The predicted molar refractivity (Wildman–Crippen MR) is 99.4 cm³/mol. The van der Waals surface area contributed by atoms with Gasteiger partial charge < -0.3 is 9.47 Å². The molecule has 1 aliphatic rings. The molecule has 0 saturated carbocycles. The van der Waals surface area contributed by atoms with Crippen LogP contribution in [-0.2, 0) is 11.2 Å². The maximum atomic E-state index is 12.4. The average molecular weight is 357 g/mol. The molecule has 0 aliphatic carbocycles. The lowest BCUT2D eigenvalue weighted by Crippen LogP contribution is -2.11. The molecule has 0 N–H and O–H groups in total. The minimum atomic E-state index is -0.380. The number of aromatic nitrogens is 1. The number of carbonyl (C=O) groups excluding carboxylic acids is 2. The van der Waals surface area contributed by atoms with Gasteiger partial charge >= 0.3 is 5.97 Å². The molecule has 0 saturated heterocycles. The summed E-state index contributed by atoms with van der Waals surface area (Å²) in [5.41, 5.74) is 1.93. The smallest absolute Gasteiger partial charge is 0.315 e. The third-order valence-corrected chi connectivity index (χ3v) is 4.03. The second kappa shape index (κ2) is 7.25. The van der Waals surface area contributed by atoms with Crippen LogP contribution in [0.2, 0.25) is 0 Å². The van der Waals surface area contributed by atoms with Gasteiger partial charge in [-0.3, -0.25) is 14.6 Å². The van der Waals surface area contributed by atoms with Gasteiger partial charge in [0.15, 0.2) is 5.76 Å². The first-order chi connectivity index (χ1) is 13.2. The number of pyridine rings is 1. The monoisotopic (exact) mass is 357 g/mol. The highest BCUT2D eigenvalue weighted by atomic mass is 16.5. The number of esters is 1. The molecule has 2 heterocycles. The summed E-state index contributed by atoms with van der Waals surface area (Å²) in [6, 6.07) is 19.5. The lowest BCUT2D eigenvalue weighted by atomic mass is 10.1. The highest BCUT2D eigenvalue weighted by molar-refractivity contribution is 6.14. The van der Waals surface area contributed by atoms with Crippen molar-refractivity contribution >= 4 is 17.8 Å². The number of nitrogens with zero attached hydrogens (tertiary/aromatic N) is 1. The summed E-state index contributed by atoms with van der Waals surface area (Å²) in [4.78, 5) is 28.7. The van der Waals surface area contributed by atoms with Gasteiger partial charge in [0.1, 0.15) is 11.5 Å². The molecule has 2 aromatic carbocycles. The Bertz CT molecular complexity index is 1030. The van der Waals surface area contributed by atoms with Gasteiger partial charge in [0.05, 0.1) is 17.7 Å². The molecular weight excluding hydrogens is 342 g/mol. The summed E-state index contributed by atoms with van der Waals surface area (Å²) in [7, 11) is 0. The third kappa shape index (κ3) is 3.77. The van der Waals surface area contributed by atoms with E-state index in [-0.39, 0.29) is 23.9 Å². The molecule has 0 bridgehead atoms. The number of hydrogen-bond donors (Lipinski definition) is 0. The summed E-state index contributed by atoms with van der Waals surface area (Å²) < 4.78 is 11.0. The normalized spacial score (nSPS) is 13.9. The maximum Gasteiger partial charge on any atom is 0.315 e. The zero-order chi connectivity index (χ0) is 18.6. The summed E-state index contributed by atoms with van der Waals surface area (Å²) in [6.45, 7) is 0. The number of benzene rings is 2. The van der Waals surface area contributed by atoms with Crippen molar-refractivity contribution < 1.29 is 19.1 Å². The van der Waals surface area contributed by atoms with Crippen molar-refractivity contribution in [3.8, 4) is 11.5 Å². The fraction of sp³-hybridized carbons (Fsp3) is 0.0455. The van der Waals surface area contributed by atoms with Crippen molar-refractivity contribution in [3.05, 3.63) is 95.5 Å². The van der Waals surface area contributed by atoms with Crippen molar-refractivity contribution in [2.75, 3.05) is 0 Å². The van der Waals surface area contributed by atoms with E-state index in [2.05, 4.69) is 4.98 Å². The Hall–Kier alpha value is -3.73. The standard InChI is InChI=1S/C22H15NO4/c24-21(12-15-6-2-1-3-7-15)26-17-9-10-18-19(14-17)27-20(22(18)25)13-16-8-4-5-11-23-16/h1-11,13-14H,12H2/b20-13-. The number of ether oxygens (including phenoxy) is 2. The number of carbonyl (C=O) groups is 2. The van der Waals surface area contributed by atoms with E-state index in [1.165, 1.54) is 0 Å². The van der Waals surface area contributed by atoms with Gasteiger partial charge in [-0.2, -0.15) is 0 Å². The molecule has 4 rings (SSSR count). The van der Waals surface area contributed by atoms with Crippen molar-refractivity contribution in [3.63, 3.8) is 0 Å². The van der Waals surface area contributed by atoms with E-state index in [1.54, 1.807) is 42.6 Å². The Kier molecular flexibility index (Phi) is 4.49. The van der Waals surface area contributed by atoms with Crippen molar-refractivity contribution in [1.29, 1.82) is 0 Å². The minimum absolute atomic E-state index is 0.169. The van der Waals surface area contributed by atoms with E-state index >= 15 is 0 Å². The van der Waals surface area contributed by atoms with Crippen LogP contribution in [-0.4, -0.2) is 16.7 Å². The van der Waals surface area contributed by atoms with Crippen LogP contribution in [0.3, 0.4) is 0 Å². The third-order valence-electron chi connectivity index (χ3n) is 4.03. The highest BCUT2D eigenvalue weighted by Gasteiger charge is 2.28. The van der Waals surface area contributed by atoms with Crippen LogP contribution in [0.25, 0.3) is 6.08 Å². The molecule has 0 spiro atoms. The number of allylic oxidation sites excluding steroid dienone is 1. The molecule has 0 amide bonds. The molecule has 132 valence electrons. The van der Waals surface area contributed by atoms with Crippen LogP contribution < -0.4 is 9.47 Å². The number of ketones is 1. The number of fused-ring (bicyclic) bond motifs is 1. The van der Waals surface area contributed by atoms with E-state index in [4.69, 9.17) is 9.47 Å². The van der Waals surface area contributed by atoms with E-state index in [0.717, 1.165) is 5.56 Å². The molecule has 0 atom stereocenters. The molecule has 0 fully saturated rings. The van der Waals surface area contributed by atoms with Crippen LogP contribution in [0.5, 0.6) is 11.5 Å². The van der Waals surface area contributed by atoms with Crippen LogP contribution in [0.4, 0.5) is 0 Å². The van der Waals surface area contributed by atoms with E-state index in [9.17, 15) is 9.59 Å². The molecular formula is C22H15NO4. The highest BCUT2D eigenvalue weighted by Crippen LogP contribution is 2.34. The Morgan fingerprint density at radius 3 is 2.63 bits per heavy atom. The SMILES string of the molecule is O=C(Cc1ccccc1)Oc1ccc2c(c1)O/C(=C\c1ccccn1)C2=O. The second-order valence-electron chi connectivity index (χ2n) is 5.99. The van der Waals surface area contributed by atoms with Gasteiger partial charge in [-0.25, -0.2) is 0 Å². The number of rotatable bonds is 4. The quantitative estimate of drug-likeness (QED) is 0.403. The van der Waals surface area contributed by atoms with Gasteiger partial charge in [0, 0.05) is 18.3 Å².